The van der Waals surface area contributed by atoms with Gasteiger partial charge < -0.3 is 10.6 Å². The number of pyridine rings is 1. The Bertz CT molecular complexity index is 416. The Morgan fingerprint density at radius 2 is 2.53 bits per heavy atom. The van der Waals surface area contributed by atoms with E-state index in [1.54, 1.807) is 18.3 Å². The summed E-state index contributed by atoms with van der Waals surface area (Å²) in [4.78, 5) is 16.3. The first kappa shape index (κ1) is 12.3. The van der Waals surface area contributed by atoms with Crippen molar-refractivity contribution in [3.05, 3.63) is 23.4 Å². The normalized spacial score (nSPS) is 23.6. The molecule has 1 atom stereocenters. The van der Waals surface area contributed by atoms with Gasteiger partial charge in [0.05, 0.1) is 10.6 Å². The van der Waals surface area contributed by atoms with Crippen LogP contribution in [-0.4, -0.2) is 23.0 Å². The van der Waals surface area contributed by atoms with Crippen LogP contribution in [0.4, 0.5) is 5.82 Å². The molecular weight excluding hydrogens is 238 g/mol. The van der Waals surface area contributed by atoms with Gasteiger partial charge in [0, 0.05) is 6.20 Å². The van der Waals surface area contributed by atoms with Gasteiger partial charge in [-0.1, -0.05) is 18.5 Å². The second-order valence-electron chi connectivity index (χ2n) is 4.25. The molecule has 2 heterocycles. The molecular formula is C12H16ClN3O. The molecule has 1 unspecified atom stereocenters. The fraction of sp³-hybridized carbons (Fsp3) is 0.500. The standard InChI is InChI=1S/C12H16ClN3O/c1-2-12(6-4-8-15-12)11(17)16-10-9(13)5-3-7-14-10/h3,5,7,15H,2,4,6,8H2,1H3,(H,14,16,17). The van der Waals surface area contributed by atoms with Crippen LogP contribution in [0, 0.1) is 0 Å². The number of hydrogen-bond donors (Lipinski definition) is 2. The molecule has 4 nitrogen and oxygen atoms in total. The van der Waals surface area contributed by atoms with E-state index >= 15 is 0 Å². The Hall–Kier alpha value is -1.13. The number of anilines is 1. The second-order valence-corrected chi connectivity index (χ2v) is 4.66. The Kier molecular flexibility index (Phi) is 3.64. The number of rotatable bonds is 3. The summed E-state index contributed by atoms with van der Waals surface area (Å²) in [5.74, 6) is 0.388. The Morgan fingerprint density at radius 3 is 3.12 bits per heavy atom. The van der Waals surface area contributed by atoms with Crippen molar-refractivity contribution >= 4 is 23.3 Å². The summed E-state index contributed by atoms with van der Waals surface area (Å²) in [6, 6.07) is 3.45. The van der Waals surface area contributed by atoms with Gasteiger partial charge in [0.15, 0.2) is 5.82 Å². The molecule has 1 saturated heterocycles. The zero-order valence-electron chi connectivity index (χ0n) is 9.79. The van der Waals surface area contributed by atoms with Crippen molar-refractivity contribution < 1.29 is 4.79 Å². The highest BCUT2D eigenvalue weighted by molar-refractivity contribution is 6.33. The molecule has 1 fully saturated rings. The van der Waals surface area contributed by atoms with E-state index in [9.17, 15) is 4.79 Å². The number of aromatic nitrogens is 1. The van der Waals surface area contributed by atoms with E-state index in [-0.39, 0.29) is 5.91 Å². The predicted octanol–water partition coefficient (Wildman–Crippen LogP) is 2.21. The van der Waals surface area contributed by atoms with Crippen molar-refractivity contribution in [2.45, 2.75) is 31.7 Å². The van der Waals surface area contributed by atoms with E-state index in [1.165, 1.54) is 0 Å². The molecule has 2 N–H and O–H groups in total. The monoisotopic (exact) mass is 253 g/mol. The van der Waals surface area contributed by atoms with Crippen LogP contribution in [0.1, 0.15) is 26.2 Å². The van der Waals surface area contributed by atoms with Crippen LogP contribution in [-0.2, 0) is 4.79 Å². The number of hydrogen-bond acceptors (Lipinski definition) is 3. The van der Waals surface area contributed by atoms with Gasteiger partial charge in [0.1, 0.15) is 0 Å². The van der Waals surface area contributed by atoms with Crippen LogP contribution < -0.4 is 10.6 Å². The summed E-state index contributed by atoms with van der Waals surface area (Å²) >= 11 is 5.97. The van der Waals surface area contributed by atoms with Gasteiger partial charge >= 0.3 is 0 Å². The van der Waals surface area contributed by atoms with Gasteiger partial charge in [0.2, 0.25) is 5.91 Å². The minimum absolute atomic E-state index is 0.0434. The molecule has 0 aliphatic carbocycles. The zero-order chi connectivity index (χ0) is 12.3. The maximum absolute atomic E-state index is 12.2. The number of nitrogens with one attached hydrogen (secondary N) is 2. The number of halogens is 1. The first-order valence-electron chi connectivity index (χ1n) is 5.85. The molecule has 0 aromatic carbocycles. The summed E-state index contributed by atoms with van der Waals surface area (Å²) in [5.41, 5.74) is -0.457. The van der Waals surface area contributed by atoms with E-state index in [0.29, 0.717) is 10.8 Å². The summed E-state index contributed by atoms with van der Waals surface area (Å²) in [6.07, 6.45) is 4.27. The number of carbonyl (C=O) groups excluding carboxylic acids is 1. The van der Waals surface area contributed by atoms with Gasteiger partial charge in [0.25, 0.3) is 0 Å². The number of nitrogens with zero attached hydrogens (tertiary/aromatic N) is 1. The maximum atomic E-state index is 12.2. The SMILES string of the molecule is CCC1(C(=O)Nc2ncccc2Cl)CCCN1. The lowest BCUT2D eigenvalue weighted by Gasteiger charge is -2.26. The molecule has 0 bridgehead atoms. The molecule has 1 aromatic heterocycles. The lowest BCUT2D eigenvalue weighted by atomic mass is 9.93. The summed E-state index contributed by atoms with van der Waals surface area (Å²) in [5, 5.41) is 6.54. The minimum atomic E-state index is -0.457. The third-order valence-corrected chi connectivity index (χ3v) is 3.58. The van der Waals surface area contributed by atoms with E-state index in [2.05, 4.69) is 15.6 Å². The fourth-order valence-electron chi connectivity index (χ4n) is 2.17. The molecule has 1 amide bonds. The lowest BCUT2D eigenvalue weighted by Crippen LogP contribution is -2.50. The van der Waals surface area contributed by atoms with Crippen molar-refractivity contribution in [2.24, 2.45) is 0 Å². The summed E-state index contributed by atoms with van der Waals surface area (Å²) in [7, 11) is 0. The van der Waals surface area contributed by atoms with Crippen molar-refractivity contribution in [1.82, 2.24) is 10.3 Å². The number of amides is 1. The van der Waals surface area contributed by atoms with Crippen LogP contribution in [0.2, 0.25) is 5.02 Å². The van der Waals surface area contributed by atoms with Gasteiger partial charge in [-0.3, -0.25) is 4.79 Å². The minimum Gasteiger partial charge on any atom is -0.308 e. The fourth-order valence-corrected chi connectivity index (χ4v) is 2.34. The first-order chi connectivity index (χ1) is 8.18. The third kappa shape index (κ3) is 2.42. The van der Waals surface area contributed by atoms with Crippen LogP contribution in [0.25, 0.3) is 0 Å². The quantitative estimate of drug-likeness (QED) is 0.868. The van der Waals surface area contributed by atoms with E-state index in [1.807, 2.05) is 6.92 Å². The Labute approximate surface area is 106 Å². The number of carbonyl (C=O) groups is 1. The molecule has 1 aromatic rings. The smallest absolute Gasteiger partial charge is 0.245 e. The molecule has 17 heavy (non-hydrogen) atoms. The Balaban J connectivity index is 2.14. The van der Waals surface area contributed by atoms with Crippen molar-refractivity contribution in [3.63, 3.8) is 0 Å². The third-order valence-electron chi connectivity index (χ3n) is 3.27. The van der Waals surface area contributed by atoms with Crippen molar-refractivity contribution in [2.75, 3.05) is 11.9 Å². The van der Waals surface area contributed by atoms with Gasteiger partial charge in [-0.25, -0.2) is 4.98 Å². The highest BCUT2D eigenvalue weighted by Gasteiger charge is 2.39. The van der Waals surface area contributed by atoms with Crippen molar-refractivity contribution in [3.8, 4) is 0 Å². The molecule has 0 saturated carbocycles. The van der Waals surface area contributed by atoms with Crippen molar-refractivity contribution in [1.29, 1.82) is 0 Å². The van der Waals surface area contributed by atoms with Gasteiger partial charge in [-0.2, -0.15) is 0 Å². The molecule has 2 rings (SSSR count). The van der Waals surface area contributed by atoms with E-state index < -0.39 is 5.54 Å². The molecule has 0 spiro atoms. The van der Waals surface area contributed by atoms with Crippen LogP contribution in [0.5, 0.6) is 0 Å². The lowest BCUT2D eigenvalue weighted by molar-refractivity contribution is -0.122. The molecule has 1 aliphatic rings. The van der Waals surface area contributed by atoms with Crippen LogP contribution in [0.3, 0.4) is 0 Å². The highest BCUT2D eigenvalue weighted by atomic mass is 35.5. The molecule has 1 aliphatic heterocycles. The second kappa shape index (κ2) is 5.02. The highest BCUT2D eigenvalue weighted by Crippen LogP contribution is 2.26. The average Bonchev–Trinajstić information content (AvgIpc) is 2.82. The van der Waals surface area contributed by atoms with E-state index in [4.69, 9.17) is 11.6 Å². The van der Waals surface area contributed by atoms with Gasteiger partial charge in [-0.05, 0) is 37.9 Å². The zero-order valence-corrected chi connectivity index (χ0v) is 10.5. The molecule has 92 valence electrons. The van der Waals surface area contributed by atoms with Crippen LogP contribution in [0.15, 0.2) is 18.3 Å². The predicted molar refractivity (Wildman–Crippen MR) is 68.1 cm³/mol. The van der Waals surface area contributed by atoms with Gasteiger partial charge in [-0.15, -0.1) is 0 Å². The molecule has 0 radical (unpaired) electrons. The summed E-state index contributed by atoms with van der Waals surface area (Å²) in [6.45, 7) is 2.90. The average molecular weight is 254 g/mol. The largest absolute Gasteiger partial charge is 0.308 e. The first-order valence-corrected chi connectivity index (χ1v) is 6.23. The maximum Gasteiger partial charge on any atom is 0.245 e. The molecule has 5 heteroatoms. The summed E-state index contributed by atoms with van der Waals surface area (Å²) < 4.78 is 0. The van der Waals surface area contributed by atoms with E-state index in [0.717, 1.165) is 25.8 Å². The van der Waals surface area contributed by atoms with Crippen LogP contribution >= 0.6 is 11.6 Å². The topological polar surface area (TPSA) is 54.0 Å². The Morgan fingerprint density at radius 1 is 1.71 bits per heavy atom.